The first-order valence-electron chi connectivity index (χ1n) is 8.25. The summed E-state index contributed by atoms with van der Waals surface area (Å²) in [5.41, 5.74) is 1.16. The number of hydrogen-bond acceptors (Lipinski definition) is 6. The molecule has 0 unspecified atom stereocenters. The maximum atomic E-state index is 12.1. The van der Waals surface area contributed by atoms with Crippen LogP contribution in [0.3, 0.4) is 0 Å². The summed E-state index contributed by atoms with van der Waals surface area (Å²) in [6, 6.07) is 16.3. The maximum absolute atomic E-state index is 12.1. The Balaban J connectivity index is 1.55. The van der Waals surface area contributed by atoms with Crippen LogP contribution in [0.2, 0.25) is 0 Å². The molecule has 3 rings (SSSR count). The predicted molar refractivity (Wildman–Crippen MR) is 103 cm³/mol. The van der Waals surface area contributed by atoms with Gasteiger partial charge in [0.05, 0.1) is 10.7 Å². The summed E-state index contributed by atoms with van der Waals surface area (Å²) in [4.78, 5) is 28.7. The molecule has 0 bridgehead atoms. The lowest BCUT2D eigenvalue weighted by Gasteiger charge is -2.09. The summed E-state index contributed by atoms with van der Waals surface area (Å²) in [6.07, 6.45) is 0. The minimum atomic E-state index is -0.547. The minimum absolute atomic E-state index is 0.376. The van der Waals surface area contributed by atoms with E-state index in [1.807, 2.05) is 37.3 Å². The number of amides is 1. The SMILES string of the molecule is Cc1nc(C)c(C(=O)OCC(=O)Nc2cccc(Oc3ccccc3)c2)s1. The van der Waals surface area contributed by atoms with Crippen molar-refractivity contribution in [2.75, 3.05) is 11.9 Å². The second-order valence-corrected chi connectivity index (χ2v) is 6.92. The summed E-state index contributed by atoms with van der Waals surface area (Å²) in [6.45, 7) is 3.17. The van der Waals surface area contributed by atoms with Gasteiger partial charge in [-0.3, -0.25) is 4.79 Å². The van der Waals surface area contributed by atoms with Crippen LogP contribution in [-0.2, 0) is 9.53 Å². The number of para-hydroxylation sites is 1. The number of nitrogens with one attached hydrogen (secondary N) is 1. The van der Waals surface area contributed by atoms with Crippen molar-refractivity contribution in [1.82, 2.24) is 4.98 Å². The largest absolute Gasteiger partial charge is 0.457 e. The smallest absolute Gasteiger partial charge is 0.350 e. The highest BCUT2D eigenvalue weighted by Crippen LogP contribution is 2.24. The van der Waals surface area contributed by atoms with Crippen molar-refractivity contribution < 1.29 is 19.1 Å². The van der Waals surface area contributed by atoms with Crippen molar-refractivity contribution in [3.05, 3.63) is 70.2 Å². The first kappa shape index (κ1) is 18.6. The van der Waals surface area contributed by atoms with E-state index in [0.717, 1.165) is 5.01 Å². The number of aromatic nitrogens is 1. The molecule has 0 saturated carbocycles. The lowest BCUT2D eigenvalue weighted by atomic mass is 10.3. The second-order valence-electron chi connectivity index (χ2n) is 5.71. The van der Waals surface area contributed by atoms with Crippen molar-refractivity contribution in [2.24, 2.45) is 0 Å². The first-order chi connectivity index (χ1) is 13.0. The predicted octanol–water partition coefficient (Wildman–Crippen LogP) is 4.35. The minimum Gasteiger partial charge on any atom is -0.457 e. The zero-order valence-electron chi connectivity index (χ0n) is 14.9. The van der Waals surface area contributed by atoms with Crippen molar-refractivity contribution in [3.63, 3.8) is 0 Å². The Morgan fingerprint density at radius 2 is 1.78 bits per heavy atom. The normalized spacial score (nSPS) is 10.3. The molecule has 1 amide bonds. The third kappa shape index (κ3) is 5.15. The monoisotopic (exact) mass is 382 g/mol. The van der Waals surface area contributed by atoms with Crippen molar-refractivity contribution in [1.29, 1.82) is 0 Å². The van der Waals surface area contributed by atoms with Gasteiger partial charge in [-0.15, -0.1) is 11.3 Å². The highest BCUT2D eigenvalue weighted by atomic mass is 32.1. The molecule has 0 aliphatic carbocycles. The van der Waals surface area contributed by atoms with E-state index in [0.29, 0.717) is 27.8 Å². The van der Waals surface area contributed by atoms with Crippen molar-refractivity contribution in [3.8, 4) is 11.5 Å². The third-order valence-corrected chi connectivity index (χ3v) is 4.57. The van der Waals surface area contributed by atoms with Crippen LogP contribution >= 0.6 is 11.3 Å². The molecule has 1 N–H and O–H groups in total. The number of esters is 1. The summed E-state index contributed by atoms with van der Waals surface area (Å²) < 4.78 is 10.8. The van der Waals surface area contributed by atoms with Crippen molar-refractivity contribution >= 4 is 28.9 Å². The van der Waals surface area contributed by atoms with Gasteiger partial charge in [0, 0.05) is 11.8 Å². The fourth-order valence-corrected chi connectivity index (χ4v) is 3.19. The molecular formula is C20H18N2O4S. The second kappa shape index (κ2) is 8.46. The molecule has 1 heterocycles. The fourth-order valence-electron chi connectivity index (χ4n) is 2.38. The molecule has 0 fully saturated rings. The number of carbonyl (C=O) groups excluding carboxylic acids is 2. The molecule has 0 spiro atoms. The van der Waals surface area contributed by atoms with Crippen LogP contribution in [0.4, 0.5) is 5.69 Å². The molecule has 0 saturated heterocycles. The van der Waals surface area contributed by atoms with Gasteiger partial charge in [0.1, 0.15) is 16.4 Å². The summed E-state index contributed by atoms with van der Waals surface area (Å²) in [7, 11) is 0. The molecule has 6 nitrogen and oxygen atoms in total. The van der Waals surface area contributed by atoms with Gasteiger partial charge >= 0.3 is 5.97 Å². The van der Waals surface area contributed by atoms with Crippen LogP contribution in [0.15, 0.2) is 54.6 Å². The van der Waals surface area contributed by atoms with Crippen LogP contribution < -0.4 is 10.1 Å². The van der Waals surface area contributed by atoms with Gasteiger partial charge in [-0.05, 0) is 38.1 Å². The van der Waals surface area contributed by atoms with Gasteiger partial charge < -0.3 is 14.8 Å². The quantitative estimate of drug-likeness (QED) is 0.642. The Morgan fingerprint density at radius 3 is 2.48 bits per heavy atom. The molecule has 27 heavy (non-hydrogen) atoms. The highest BCUT2D eigenvalue weighted by molar-refractivity contribution is 7.13. The molecule has 0 aliphatic heterocycles. The number of ether oxygens (including phenoxy) is 2. The molecule has 2 aromatic carbocycles. The number of rotatable bonds is 6. The number of thiazole rings is 1. The highest BCUT2D eigenvalue weighted by Gasteiger charge is 2.16. The van der Waals surface area contributed by atoms with E-state index >= 15 is 0 Å². The maximum Gasteiger partial charge on any atom is 0.350 e. The molecule has 0 atom stereocenters. The van der Waals surface area contributed by atoms with E-state index in [2.05, 4.69) is 10.3 Å². The molecule has 1 aromatic heterocycles. The topological polar surface area (TPSA) is 77.5 Å². The number of carbonyl (C=O) groups is 2. The lowest BCUT2D eigenvalue weighted by molar-refractivity contribution is -0.119. The Labute approximate surface area is 160 Å². The van der Waals surface area contributed by atoms with Crippen LogP contribution in [0.25, 0.3) is 0 Å². The van der Waals surface area contributed by atoms with Gasteiger partial charge in [-0.1, -0.05) is 24.3 Å². The average molecular weight is 382 g/mol. The Hall–Kier alpha value is -3.19. The average Bonchev–Trinajstić information content (AvgIpc) is 2.99. The molecule has 3 aromatic rings. The Kier molecular flexibility index (Phi) is 5.83. The fraction of sp³-hybridized carbons (Fsp3) is 0.150. The van der Waals surface area contributed by atoms with Crippen LogP contribution in [0.1, 0.15) is 20.4 Å². The number of aryl methyl sites for hydroxylation is 2. The molecule has 7 heteroatoms. The first-order valence-corrected chi connectivity index (χ1v) is 9.07. The summed E-state index contributed by atoms with van der Waals surface area (Å²) >= 11 is 1.25. The van der Waals surface area contributed by atoms with Crippen molar-refractivity contribution in [2.45, 2.75) is 13.8 Å². The number of nitrogens with zero attached hydrogens (tertiary/aromatic N) is 1. The van der Waals surface area contributed by atoms with Gasteiger partial charge in [0.15, 0.2) is 6.61 Å². The van der Waals surface area contributed by atoms with E-state index in [-0.39, 0.29) is 6.61 Å². The Morgan fingerprint density at radius 1 is 1.04 bits per heavy atom. The molecule has 0 aliphatic rings. The van der Waals surface area contributed by atoms with E-state index in [1.54, 1.807) is 31.2 Å². The van der Waals surface area contributed by atoms with E-state index in [4.69, 9.17) is 9.47 Å². The van der Waals surface area contributed by atoms with E-state index in [9.17, 15) is 9.59 Å². The third-order valence-electron chi connectivity index (χ3n) is 3.52. The van der Waals surface area contributed by atoms with Crippen LogP contribution in [0, 0.1) is 13.8 Å². The molecular weight excluding hydrogens is 364 g/mol. The zero-order chi connectivity index (χ0) is 19.2. The number of hydrogen-bond donors (Lipinski definition) is 1. The van der Waals surface area contributed by atoms with E-state index < -0.39 is 11.9 Å². The van der Waals surface area contributed by atoms with Gasteiger partial charge in [-0.2, -0.15) is 0 Å². The Bertz CT molecular complexity index is 954. The van der Waals surface area contributed by atoms with Crippen LogP contribution in [0.5, 0.6) is 11.5 Å². The van der Waals surface area contributed by atoms with E-state index in [1.165, 1.54) is 11.3 Å². The number of anilines is 1. The molecule has 138 valence electrons. The van der Waals surface area contributed by atoms with Crippen LogP contribution in [-0.4, -0.2) is 23.5 Å². The van der Waals surface area contributed by atoms with Gasteiger partial charge in [0.2, 0.25) is 0 Å². The van der Waals surface area contributed by atoms with Gasteiger partial charge in [0.25, 0.3) is 5.91 Å². The lowest BCUT2D eigenvalue weighted by Crippen LogP contribution is -2.20. The molecule has 0 radical (unpaired) electrons. The summed E-state index contributed by atoms with van der Waals surface area (Å²) in [5, 5.41) is 3.46. The standard InChI is InChI=1S/C20H18N2O4S/c1-13-19(27-14(2)21-13)20(24)25-12-18(23)22-15-7-6-10-17(11-15)26-16-8-4-3-5-9-16/h3-11H,12H2,1-2H3,(H,22,23). The summed E-state index contributed by atoms with van der Waals surface area (Å²) in [5.74, 6) is 0.311. The van der Waals surface area contributed by atoms with Gasteiger partial charge in [-0.25, -0.2) is 9.78 Å². The zero-order valence-corrected chi connectivity index (χ0v) is 15.7. The number of benzene rings is 2.